The molecule has 0 unspecified atom stereocenters. The number of aryl methyl sites for hydroxylation is 1. The third kappa shape index (κ3) is 2.02. The van der Waals surface area contributed by atoms with Crippen molar-refractivity contribution in [3.8, 4) is 0 Å². The lowest BCUT2D eigenvalue weighted by Crippen LogP contribution is -2.04. The van der Waals surface area contributed by atoms with Gasteiger partial charge in [-0.2, -0.15) is 0 Å². The van der Waals surface area contributed by atoms with Crippen LogP contribution in [0.25, 0.3) is 5.57 Å². The average Bonchev–Trinajstić information content (AvgIpc) is 2.21. The lowest BCUT2D eigenvalue weighted by Gasteiger charge is -2.07. The first-order valence-electron chi connectivity index (χ1n) is 4.51. The smallest absolute Gasteiger partial charge is 0.338 e. The molecule has 0 saturated carbocycles. The number of carbonyl (C=O) groups is 1. The second-order valence-electron chi connectivity index (χ2n) is 3.01. The zero-order valence-electron chi connectivity index (χ0n) is 8.70. The molecule has 0 heterocycles. The highest BCUT2D eigenvalue weighted by Gasteiger charge is 2.12. The molecule has 0 atom stereocenters. The van der Waals surface area contributed by atoms with Crippen LogP contribution < -0.4 is 0 Å². The van der Waals surface area contributed by atoms with Gasteiger partial charge in [0.1, 0.15) is 0 Å². The van der Waals surface area contributed by atoms with Gasteiger partial charge in [0.05, 0.1) is 12.7 Å². The summed E-state index contributed by atoms with van der Waals surface area (Å²) in [5.41, 5.74) is 2.62. The van der Waals surface area contributed by atoms with Gasteiger partial charge in [0.15, 0.2) is 0 Å². The van der Waals surface area contributed by atoms with E-state index in [-0.39, 0.29) is 5.97 Å². The standard InChI is InChI=1S/C12H14O2/c1-4-10(12(13)14-3)11-8-6-5-7-9(11)2/h4-8H,1-3H3/b10-4+. The molecular weight excluding hydrogens is 176 g/mol. The fourth-order valence-corrected chi connectivity index (χ4v) is 1.37. The van der Waals surface area contributed by atoms with Gasteiger partial charge in [0.25, 0.3) is 0 Å². The second kappa shape index (κ2) is 4.61. The number of ether oxygens (including phenoxy) is 1. The summed E-state index contributed by atoms with van der Waals surface area (Å²) in [7, 11) is 1.39. The molecule has 2 nitrogen and oxygen atoms in total. The van der Waals surface area contributed by atoms with Crippen molar-refractivity contribution in [2.75, 3.05) is 7.11 Å². The van der Waals surface area contributed by atoms with Crippen LogP contribution in [0.15, 0.2) is 30.3 Å². The average molecular weight is 190 g/mol. The maximum atomic E-state index is 11.4. The first-order chi connectivity index (χ1) is 6.70. The fraction of sp³-hybridized carbons (Fsp3) is 0.250. The molecule has 0 N–H and O–H groups in total. The zero-order chi connectivity index (χ0) is 10.6. The molecule has 1 aromatic carbocycles. The minimum absolute atomic E-state index is 0.290. The molecule has 74 valence electrons. The lowest BCUT2D eigenvalue weighted by molar-refractivity contribution is -0.133. The summed E-state index contributed by atoms with van der Waals surface area (Å²) >= 11 is 0. The van der Waals surface area contributed by atoms with E-state index in [9.17, 15) is 4.79 Å². The van der Waals surface area contributed by atoms with E-state index in [4.69, 9.17) is 4.74 Å². The molecule has 0 fully saturated rings. The van der Waals surface area contributed by atoms with E-state index in [1.807, 2.05) is 38.1 Å². The van der Waals surface area contributed by atoms with Crippen molar-refractivity contribution < 1.29 is 9.53 Å². The third-order valence-electron chi connectivity index (χ3n) is 2.13. The first kappa shape index (κ1) is 10.5. The quantitative estimate of drug-likeness (QED) is 0.529. The van der Waals surface area contributed by atoms with Gasteiger partial charge in [-0.05, 0) is 25.0 Å². The molecule has 14 heavy (non-hydrogen) atoms. The van der Waals surface area contributed by atoms with Crippen LogP contribution in [0.4, 0.5) is 0 Å². The van der Waals surface area contributed by atoms with Crippen LogP contribution in [0.1, 0.15) is 18.1 Å². The monoisotopic (exact) mass is 190 g/mol. The van der Waals surface area contributed by atoms with Crippen molar-refractivity contribution in [2.45, 2.75) is 13.8 Å². The second-order valence-corrected chi connectivity index (χ2v) is 3.01. The molecule has 0 bridgehead atoms. The molecule has 1 rings (SSSR count). The molecule has 0 aliphatic carbocycles. The number of esters is 1. The van der Waals surface area contributed by atoms with E-state index in [0.717, 1.165) is 11.1 Å². The van der Waals surface area contributed by atoms with Crippen LogP contribution in [0.2, 0.25) is 0 Å². The Morgan fingerprint density at radius 2 is 2.00 bits per heavy atom. The molecule has 0 spiro atoms. The van der Waals surface area contributed by atoms with E-state index in [1.54, 1.807) is 6.08 Å². The number of rotatable bonds is 2. The Hall–Kier alpha value is -1.57. The maximum absolute atomic E-state index is 11.4. The minimum Gasteiger partial charge on any atom is -0.465 e. The molecule has 0 aromatic heterocycles. The van der Waals surface area contributed by atoms with Crippen molar-refractivity contribution >= 4 is 11.5 Å². The molecule has 1 aromatic rings. The molecular formula is C12H14O2. The largest absolute Gasteiger partial charge is 0.465 e. The van der Waals surface area contributed by atoms with Crippen LogP contribution in [-0.2, 0) is 9.53 Å². The number of hydrogen-bond donors (Lipinski definition) is 0. The topological polar surface area (TPSA) is 26.3 Å². The van der Waals surface area contributed by atoms with E-state index < -0.39 is 0 Å². The molecule has 2 heteroatoms. The maximum Gasteiger partial charge on any atom is 0.338 e. The van der Waals surface area contributed by atoms with Crippen LogP contribution in [-0.4, -0.2) is 13.1 Å². The van der Waals surface area contributed by atoms with Gasteiger partial charge in [0, 0.05) is 0 Å². The Morgan fingerprint density at radius 1 is 1.36 bits per heavy atom. The van der Waals surface area contributed by atoms with Crippen molar-refractivity contribution in [3.63, 3.8) is 0 Å². The van der Waals surface area contributed by atoms with Gasteiger partial charge in [-0.15, -0.1) is 0 Å². The molecule has 0 saturated heterocycles. The Bertz CT molecular complexity index is 364. The summed E-state index contributed by atoms with van der Waals surface area (Å²) in [6.07, 6.45) is 1.77. The summed E-state index contributed by atoms with van der Waals surface area (Å²) < 4.78 is 4.71. The van der Waals surface area contributed by atoms with Crippen molar-refractivity contribution in [2.24, 2.45) is 0 Å². The van der Waals surface area contributed by atoms with Gasteiger partial charge in [0.2, 0.25) is 0 Å². The van der Waals surface area contributed by atoms with E-state index >= 15 is 0 Å². The predicted octanol–water partition coefficient (Wildman–Crippen LogP) is 2.57. The van der Waals surface area contributed by atoms with Gasteiger partial charge in [-0.3, -0.25) is 0 Å². The minimum atomic E-state index is -0.290. The van der Waals surface area contributed by atoms with Gasteiger partial charge in [-0.1, -0.05) is 30.3 Å². The van der Waals surface area contributed by atoms with Gasteiger partial charge >= 0.3 is 5.97 Å². The van der Waals surface area contributed by atoms with Crippen LogP contribution >= 0.6 is 0 Å². The predicted molar refractivity (Wildman–Crippen MR) is 56.8 cm³/mol. The normalized spacial score (nSPS) is 11.2. The third-order valence-corrected chi connectivity index (χ3v) is 2.13. The highest BCUT2D eigenvalue weighted by atomic mass is 16.5. The van der Waals surface area contributed by atoms with E-state index in [2.05, 4.69) is 0 Å². The summed E-state index contributed by atoms with van der Waals surface area (Å²) in [5, 5.41) is 0. The number of benzene rings is 1. The van der Waals surface area contributed by atoms with Gasteiger partial charge < -0.3 is 4.74 Å². The first-order valence-corrected chi connectivity index (χ1v) is 4.51. The summed E-state index contributed by atoms with van der Waals surface area (Å²) in [6.45, 7) is 3.81. The van der Waals surface area contributed by atoms with E-state index in [0.29, 0.717) is 5.57 Å². The highest BCUT2D eigenvalue weighted by Crippen LogP contribution is 2.19. The Balaban J connectivity index is 3.15. The van der Waals surface area contributed by atoms with Crippen molar-refractivity contribution in [1.82, 2.24) is 0 Å². The fourth-order valence-electron chi connectivity index (χ4n) is 1.37. The highest BCUT2D eigenvalue weighted by molar-refractivity contribution is 6.16. The number of allylic oxidation sites excluding steroid dienone is 1. The number of carbonyl (C=O) groups excluding carboxylic acids is 1. The number of methoxy groups -OCH3 is 1. The summed E-state index contributed by atoms with van der Waals surface area (Å²) in [5.74, 6) is -0.290. The van der Waals surface area contributed by atoms with E-state index in [1.165, 1.54) is 7.11 Å². The Labute approximate surface area is 84.2 Å². The van der Waals surface area contributed by atoms with Gasteiger partial charge in [-0.25, -0.2) is 4.79 Å². The Morgan fingerprint density at radius 3 is 2.50 bits per heavy atom. The summed E-state index contributed by atoms with van der Waals surface area (Å²) in [6, 6.07) is 7.75. The summed E-state index contributed by atoms with van der Waals surface area (Å²) in [4.78, 5) is 11.4. The van der Waals surface area contributed by atoms with Crippen molar-refractivity contribution in [1.29, 1.82) is 0 Å². The number of hydrogen-bond acceptors (Lipinski definition) is 2. The Kier molecular flexibility index (Phi) is 3.46. The zero-order valence-corrected chi connectivity index (χ0v) is 8.70. The lowest BCUT2D eigenvalue weighted by atomic mass is 10.0. The molecule has 0 amide bonds. The van der Waals surface area contributed by atoms with Crippen LogP contribution in [0.5, 0.6) is 0 Å². The SMILES string of the molecule is C/C=C(/C(=O)OC)c1ccccc1C. The molecule has 0 radical (unpaired) electrons. The van der Waals surface area contributed by atoms with Crippen molar-refractivity contribution in [3.05, 3.63) is 41.5 Å². The van der Waals surface area contributed by atoms with Crippen LogP contribution in [0, 0.1) is 6.92 Å². The van der Waals surface area contributed by atoms with Crippen LogP contribution in [0.3, 0.4) is 0 Å². The molecule has 0 aliphatic rings. The molecule has 0 aliphatic heterocycles.